The van der Waals surface area contributed by atoms with E-state index in [-0.39, 0.29) is 16.6 Å². The summed E-state index contributed by atoms with van der Waals surface area (Å²) in [7, 11) is 0. The van der Waals surface area contributed by atoms with Crippen LogP contribution in [0.2, 0.25) is 5.15 Å². The number of hydrogen-bond donors (Lipinski definition) is 0. The summed E-state index contributed by atoms with van der Waals surface area (Å²) in [5.74, 6) is -1.07. The van der Waals surface area contributed by atoms with E-state index in [0.717, 1.165) is 6.07 Å². The van der Waals surface area contributed by atoms with Crippen LogP contribution in [0.15, 0.2) is 6.07 Å². The lowest BCUT2D eigenvalue weighted by Gasteiger charge is -1.93. The quantitative estimate of drug-likeness (QED) is 0.606. The monoisotopic (exact) mass is 174 g/mol. The molecule has 0 N–H and O–H groups in total. The number of aromatic nitrogens is 2. The van der Waals surface area contributed by atoms with Crippen molar-refractivity contribution in [1.29, 1.82) is 0 Å². The van der Waals surface area contributed by atoms with Crippen LogP contribution in [0.3, 0.4) is 0 Å². The largest absolute Gasteiger partial charge is 0.293 e. The van der Waals surface area contributed by atoms with Crippen molar-refractivity contribution in [3.8, 4) is 0 Å². The molecule has 3 nitrogen and oxygen atoms in total. The molecule has 58 valence electrons. The van der Waals surface area contributed by atoms with Gasteiger partial charge in [-0.3, -0.25) is 4.79 Å². The van der Waals surface area contributed by atoms with Crippen molar-refractivity contribution in [3.63, 3.8) is 0 Å². The Bertz CT molecular complexity index is 303. The zero-order valence-electron chi connectivity index (χ0n) is 5.64. The normalized spacial score (nSPS) is 9.73. The molecule has 0 spiro atoms. The molecular weight excluding hydrogens is 171 g/mol. The van der Waals surface area contributed by atoms with Crippen molar-refractivity contribution < 1.29 is 9.18 Å². The van der Waals surface area contributed by atoms with Gasteiger partial charge in [0.25, 0.3) is 0 Å². The van der Waals surface area contributed by atoms with Gasteiger partial charge in [0.15, 0.2) is 16.8 Å². The van der Waals surface area contributed by atoms with Crippen LogP contribution < -0.4 is 0 Å². The SMILES string of the molecule is CC(=O)c1cc(F)c(Cl)nn1. The first-order chi connectivity index (χ1) is 5.11. The molecular formula is C6H4ClFN2O. The molecule has 0 fully saturated rings. The summed E-state index contributed by atoms with van der Waals surface area (Å²) in [6.07, 6.45) is 0. The zero-order chi connectivity index (χ0) is 8.43. The Morgan fingerprint density at radius 2 is 2.27 bits per heavy atom. The summed E-state index contributed by atoms with van der Waals surface area (Å²) in [6.45, 7) is 1.28. The predicted molar refractivity (Wildman–Crippen MR) is 37.0 cm³/mol. The second-order valence-electron chi connectivity index (χ2n) is 1.92. The van der Waals surface area contributed by atoms with Crippen molar-refractivity contribution in [3.05, 3.63) is 22.7 Å². The smallest absolute Gasteiger partial charge is 0.187 e. The van der Waals surface area contributed by atoms with Gasteiger partial charge in [-0.05, 0) is 0 Å². The van der Waals surface area contributed by atoms with Gasteiger partial charge in [0.2, 0.25) is 0 Å². The summed E-state index contributed by atoms with van der Waals surface area (Å²) in [5.41, 5.74) is -0.0214. The first-order valence-electron chi connectivity index (χ1n) is 2.81. The van der Waals surface area contributed by atoms with Crippen molar-refractivity contribution in [2.24, 2.45) is 0 Å². The molecule has 1 aromatic rings. The standard InChI is InChI=1S/C6H4ClFN2O/c1-3(11)5-2-4(8)6(7)10-9-5/h2H,1H3. The minimum absolute atomic E-state index is 0.0214. The van der Waals surface area contributed by atoms with Gasteiger partial charge >= 0.3 is 0 Å². The summed E-state index contributed by atoms with van der Waals surface area (Å²) < 4.78 is 12.6. The van der Waals surface area contributed by atoms with Gasteiger partial charge in [-0.2, -0.15) is 0 Å². The van der Waals surface area contributed by atoms with Gasteiger partial charge in [-0.25, -0.2) is 4.39 Å². The van der Waals surface area contributed by atoms with E-state index in [1.165, 1.54) is 6.92 Å². The molecule has 0 saturated heterocycles. The van der Waals surface area contributed by atoms with E-state index in [4.69, 9.17) is 11.6 Å². The van der Waals surface area contributed by atoms with E-state index in [1.54, 1.807) is 0 Å². The molecule has 0 aliphatic carbocycles. The Balaban J connectivity index is 3.15. The first kappa shape index (κ1) is 8.07. The molecule has 0 amide bonds. The van der Waals surface area contributed by atoms with Gasteiger partial charge < -0.3 is 0 Å². The number of rotatable bonds is 1. The fourth-order valence-corrected chi connectivity index (χ4v) is 0.618. The van der Waals surface area contributed by atoms with E-state index in [1.807, 2.05) is 0 Å². The van der Waals surface area contributed by atoms with Crippen molar-refractivity contribution >= 4 is 17.4 Å². The number of carbonyl (C=O) groups is 1. The molecule has 0 unspecified atom stereocenters. The Morgan fingerprint density at radius 3 is 2.73 bits per heavy atom. The van der Waals surface area contributed by atoms with Crippen LogP contribution in [-0.2, 0) is 0 Å². The van der Waals surface area contributed by atoms with E-state index >= 15 is 0 Å². The van der Waals surface area contributed by atoms with Crippen LogP contribution >= 0.6 is 11.6 Å². The number of halogens is 2. The maximum absolute atomic E-state index is 12.6. The third-order valence-electron chi connectivity index (χ3n) is 1.07. The number of hydrogen-bond acceptors (Lipinski definition) is 3. The lowest BCUT2D eigenvalue weighted by Crippen LogP contribution is -2.00. The highest BCUT2D eigenvalue weighted by Crippen LogP contribution is 2.09. The number of ketones is 1. The highest BCUT2D eigenvalue weighted by Gasteiger charge is 2.06. The summed E-state index contributed by atoms with van der Waals surface area (Å²) in [4.78, 5) is 10.6. The minimum Gasteiger partial charge on any atom is -0.293 e. The predicted octanol–water partition coefficient (Wildman–Crippen LogP) is 1.47. The molecule has 1 rings (SSSR count). The molecule has 0 aliphatic rings. The van der Waals surface area contributed by atoms with Crippen molar-refractivity contribution in [2.45, 2.75) is 6.92 Å². The van der Waals surface area contributed by atoms with Gasteiger partial charge in [0.1, 0.15) is 5.69 Å². The molecule has 0 saturated carbocycles. The molecule has 5 heteroatoms. The summed E-state index contributed by atoms with van der Waals surface area (Å²) in [6, 6.07) is 0.956. The summed E-state index contributed by atoms with van der Waals surface area (Å²) in [5, 5.41) is 6.26. The Labute approximate surface area is 67.2 Å². The van der Waals surface area contributed by atoms with Gasteiger partial charge in [0.05, 0.1) is 0 Å². The average molecular weight is 175 g/mol. The molecule has 1 heterocycles. The van der Waals surface area contributed by atoms with Crippen LogP contribution in [0.25, 0.3) is 0 Å². The van der Waals surface area contributed by atoms with E-state index < -0.39 is 5.82 Å². The number of Topliss-reactive ketones (excluding diaryl/α,β-unsaturated/α-hetero) is 1. The van der Waals surface area contributed by atoms with E-state index in [0.29, 0.717) is 0 Å². The third kappa shape index (κ3) is 1.71. The molecule has 0 aliphatic heterocycles. The number of nitrogens with zero attached hydrogens (tertiary/aromatic N) is 2. The lowest BCUT2D eigenvalue weighted by atomic mass is 10.3. The second-order valence-corrected chi connectivity index (χ2v) is 2.28. The van der Waals surface area contributed by atoms with Crippen LogP contribution in [0, 0.1) is 5.82 Å². The molecule has 11 heavy (non-hydrogen) atoms. The average Bonchev–Trinajstić information content (AvgIpc) is 1.94. The van der Waals surface area contributed by atoms with E-state index in [2.05, 4.69) is 10.2 Å². The maximum atomic E-state index is 12.6. The molecule has 0 bridgehead atoms. The Morgan fingerprint density at radius 1 is 1.64 bits per heavy atom. The fraction of sp³-hybridized carbons (Fsp3) is 0.167. The second kappa shape index (κ2) is 2.92. The highest BCUT2D eigenvalue weighted by atomic mass is 35.5. The molecule has 0 radical (unpaired) electrons. The van der Waals surface area contributed by atoms with Gasteiger partial charge in [-0.15, -0.1) is 10.2 Å². The van der Waals surface area contributed by atoms with Crippen LogP contribution in [0.5, 0.6) is 0 Å². The van der Waals surface area contributed by atoms with Crippen LogP contribution in [-0.4, -0.2) is 16.0 Å². The van der Waals surface area contributed by atoms with Crippen LogP contribution in [0.1, 0.15) is 17.4 Å². The fourth-order valence-electron chi connectivity index (χ4n) is 0.526. The topological polar surface area (TPSA) is 42.9 Å². The van der Waals surface area contributed by atoms with Crippen molar-refractivity contribution in [2.75, 3.05) is 0 Å². The van der Waals surface area contributed by atoms with Crippen molar-refractivity contribution in [1.82, 2.24) is 10.2 Å². The van der Waals surface area contributed by atoms with E-state index in [9.17, 15) is 9.18 Å². The zero-order valence-corrected chi connectivity index (χ0v) is 6.39. The number of carbonyl (C=O) groups excluding carboxylic acids is 1. The van der Waals surface area contributed by atoms with Gasteiger partial charge in [-0.1, -0.05) is 11.6 Å². The Hall–Kier alpha value is -1.03. The summed E-state index contributed by atoms with van der Waals surface area (Å²) >= 11 is 5.23. The minimum atomic E-state index is -0.730. The maximum Gasteiger partial charge on any atom is 0.187 e. The Kier molecular flexibility index (Phi) is 2.14. The third-order valence-corrected chi connectivity index (χ3v) is 1.32. The molecule has 0 atom stereocenters. The van der Waals surface area contributed by atoms with Crippen LogP contribution in [0.4, 0.5) is 4.39 Å². The molecule has 0 aromatic carbocycles. The first-order valence-corrected chi connectivity index (χ1v) is 3.18. The lowest BCUT2D eigenvalue weighted by molar-refractivity contribution is 0.101. The highest BCUT2D eigenvalue weighted by molar-refractivity contribution is 6.29. The van der Waals surface area contributed by atoms with Gasteiger partial charge in [0, 0.05) is 13.0 Å². The molecule has 1 aromatic heterocycles.